The number of nitrogens with zero attached hydrogens (tertiary/aromatic N) is 1. The maximum absolute atomic E-state index is 12.2. The molecule has 19 heteroatoms. The summed E-state index contributed by atoms with van der Waals surface area (Å²) < 4.78 is 21.1. The van der Waals surface area contributed by atoms with E-state index in [1.807, 2.05) is 0 Å². The van der Waals surface area contributed by atoms with Gasteiger partial charge in [-0.1, -0.05) is 0 Å². The van der Waals surface area contributed by atoms with Crippen LogP contribution >= 0.6 is 73.6 Å². The summed E-state index contributed by atoms with van der Waals surface area (Å²) in [4.78, 5) is 62.6. The molecule has 5 N–H and O–H groups in total. The maximum atomic E-state index is 12.2. The molecular formula is C13H16Br3N2O10P3Te. The van der Waals surface area contributed by atoms with E-state index < -0.39 is 70.3 Å². The van der Waals surface area contributed by atoms with Gasteiger partial charge in [0, 0.05) is 0 Å². The molecule has 1 aromatic rings. The number of halogens is 3. The molecule has 2 rings (SSSR count). The van der Waals surface area contributed by atoms with Gasteiger partial charge in [0.15, 0.2) is 0 Å². The van der Waals surface area contributed by atoms with E-state index in [4.69, 9.17) is 19.0 Å². The molecule has 0 radical (unpaired) electrons. The third-order valence-electron chi connectivity index (χ3n) is 3.55. The van der Waals surface area contributed by atoms with Crippen molar-refractivity contribution < 1.29 is 37.5 Å². The topological polar surface area (TPSA) is 173 Å². The van der Waals surface area contributed by atoms with Crippen LogP contribution in [0.25, 0.3) is 0 Å². The molecule has 4 atom stereocenters. The van der Waals surface area contributed by atoms with Crippen molar-refractivity contribution in [2.45, 2.75) is 29.8 Å². The van der Waals surface area contributed by atoms with Crippen molar-refractivity contribution >= 4 is 94.5 Å². The summed E-state index contributed by atoms with van der Waals surface area (Å²) in [6.07, 6.45) is 1.12. The molecule has 1 fully saturated rings. The molecule has 0 aromatic carbocycles. The first-order valence-corrected chi connectivity index (χ1v) is 16.9. The Morgan fingerprint density at radius 1 is 1.22 bits per heavy atom. The van der Waals surface area contributed by atoms with Gasteiger partial charge < -0.3 is 19.6 Å². The van der Waals surface area contributed by atoms with Crippen LogP contribution < -0.4 is 11.2 Å². The fourth-order valence-electron chi connectivity index (χ4n) is 2.36. The summed E-state index contributed by atoms with van der Waals surface area (Å²) in [5, 5.41) is 0. The van der Waals surface area contributed by atoms with E-state index in [0.717, 1.165) is 0 Å². The molecule has 1 aliphatic heterocycles. The van der Waals surface area contributed by atoms with Crippen LogP contribution in [0.2, 0.25) is 4.47 Å². The van der Waals surface area contributed by atoms with E-state index in [1.165, 1.54) is 10.8 Å². The molecule has 0 spiro atoms. The number of hydrogen-bond donors (Lipinski definition) is 5. The van der Waals surface area contributed by atoms with Crippen LogP contribution in [0, 0.1) is 11.8 Å². The average molecular weight is 821 g/mol. The number of nitrogens with one attached hydrogen (secondary N) is 1. The fraction of sp³-hybridized carbons (Fsp3) is 0.538. The van der Waals surface area contributed by atoms with Crippen LogP contribution in [-0.4, -0.2) is 62.9 Å². The Kier molecular flexibility index (Phi) is 13.2. The second-order valence-electron chi connectivity index (χ2n) is 5.72. The van der Waals surface area contributed by atoms with E-state index in [1.54, 1.807) is 0 Å². The summed E-state index contributed by atoms with van der Waals surface area (Å²) in [7, 11) is -8.09. The summed E-state index contributed by atoms with van der Waals surface area (Å²) in [6, 6.07) is 0. The van der Waals surface area contributed by atoms with E-state index in [9.17, 15) is 19.4 Å². The minimum absolute atomic E-state index is 0.114. The molecule has 2 unspecified atom stereocenters. The Morgan fingerprint density at radius 2 is 1.94 bits per heavy atom. The standard InChI is InChI=1S/C13H16Br3N2O10P3Te/c14-13(15,16)32-5-1-2-8-6-18(12(20)17-11(8)19)10-4-3-9(26-10)7-25-30(23)28-31(24)27-29(21)22/h6,9-10,21-24H,3-5,7H2,(H,17,19,20)/t9-,10+,30?,31?/m0/s1. The number of ether oxygens (including phenoxy) is 1. The Hall–Kier alpha value is 1.44. The number of hydrogen-bond acceptors (Lipinski definition) is 10. The molecule has 0 aliphatic carbocycles. The summed E-state index contributed by atoms with van der Waals surface area (Å²) in [6.45, 7) is -0.114. The van der Waals surface area contributed by atoms with Crippen LogP contribution in [0.15, 0.2) is 15.8 Å². The number of rotatable bonds is 9. The fourth-order valence-corrected chi connectivity index (χ4v) is 7.39. The first kappa shape index (κ1) is 29.7. The van der Waals surface area contributed by atoms with Gasteiger partial charge in [-0.25, -0.2) is 8.62 Å². The third-order valence-corrected chi connectivity index (χ3v) is 12.5. The van der Waals surface area contributed by atoms with Crippen molar-refractivity contribution in [2.24, 2.45) is 0 Å². The van der Waals surface area contributed by atoms with Gasteiger partial charge in [-0.15, -0.1) is 0 Å². The number of aromatic amines is 1. The summed E-state index contributed by atoms with van der Waals surface area (Å²) in [5.41, 5.74) is -1.08. The predicted molar refractivity (Wildman–Crippen MR) is 129 cm³/mol. The van der Waals surface area contributed by atoms with E-state index in [0.29, 0.717) is 17.3 Å². The number of aromatic nitrogens is 2. The van der Waals surface area contributed by atoms with E-state index in [2.05, 4.69) is 73.2 Å². The van der Waals surface area contributed by atoms with Crippen molar-refractivity contribution in [1.29, 1.82) is 0 Å². The number of H-pyrrole nitrogens is 1. The molecule has 0 bridgehead atoms. The molecule has 32 heavy (non-hydrogen) atoms. The molecule has 1 aliphatic rings. The van der Waals surface area contributed by atoms with Gasteiger partial charge in [-0.2, -0.15) is 0 Å². The van der Waals surface area contributed by atoms with Crippen molar-refractivity contribution in [3.05, 3.63) is 32.6 Å². The second-order valence-corrected chi connectivity index (χ2v) is 23.8. The first-order chi connectivity index (χ1) is 14.9. The predicted octanol–water partition coefficient (Wildman–Crippen LogP) is 2.18. The van der Waals surface area contributed by atoms with Gasteiger partial charge in [0.25, 0.3) is 0 Å². The molecule has 0 amide bonds. The van der Waals surface area contributed by atoms with Crippen molar-refractivity contribution in [1.82, 2.24) is 9.55 Å². The van der Waals surface area contributed by atoms with E-state index >= 15 is 0 Å². The minimum atomic E-state index is -2.84. The Morgan fingerprint density at radius 3 is 2.59 bits per heavy atom. The quantitative estimate of drug-likeness (QED) is 0.108. The first-order valence-electron chi connectivity index (χ1n) is 8.30. The van der Waals surface area contributed by atoms with Crippen LogP contribution in [0.3, 0.4) is 0 Å². The summed E-state index contributed by atoms with van der Waals surface area (Å²) >= 11 is 9.67. The van der Waals surface area contributed by atoms with Gasteiger partial charge in [0.1, 0.15) is 0 Å². The van der Waals surface area contributed by atoms with Gasteiger partial charge in [0.2, 0.25) is 0 Å². The van der Waals surface area contributed by atoms with Crippen LogP contribution in [-0.2, 0) is 17.9 Å². The van der Waals surface area contributed by atoms with Gasteiger partial charge in [-0.3, -0.25) is 0 Å². The van der Waals surface area contributed by atoms with Crippen molar-refractivity contribution in [3.63, 3.8) is 0 Å². The van der Waals surface area contributed by atoms with E-state index in [-0.39, 0.29) is 12.4 Å². The Bertz CT molecular complexity index is 937. The third kappa shape index (κ3) is 11.0. The molecule has 1 aromatic heterocycles. The molecular weight excluding hydrogens is 804 g/mol. The Labute approximate surface area is 220 Å². The van der Waals surface area contributed by atoms with Gasteiger partial charge in [-0.05, 0) is 0 Å². The zero-order chi connectivity index (χ0) is 23.9. The van der Waals surface area contributed by atoms with Crippen molar-refractivity contribution in [3.8, 4) is 11.8 Å². The van der Waals surface area contributed by atoms with Gasteiger partial charge >= 0.3 is 194 Å². The average Bonchev–Trinajstić information content (AvgIpc) is 3.12. The zero-order valence-electron chi connectivity index (χ0n) is 15.6. The normalized spacial score (nSPS) is 20.8. The monoisotopic (exact) mass is 820 g/mol. The molecule has 1 saturated heterocycles. The molecule has 2 heterocycles. The van der Waals surface area contributed by atoms with Crippen LogP contribution in [0.5, 0.6) is 0 Å². The molecule has 12 nitrogen and oxygen atoms in total. The SMILES string of the molecule is O=c1[nH]c(=O)n([C@H]2CC[C@@H](COP(O)OP(O)OP(O)O)O2)cc1C#CC[Te]C(Br)(Br)Br. The Balaban J connectivity index is 1.94. The summed E-state index contributed by atoms with van der Waals surface area (Å²) in [5.74, 6) is 5.71. The molecule has 0 saturated carbocycles. The van der Waals surface area contributed by atoms with Crippen LogP contribution in [0.4, 0.5) is 0 Å². The van der Waals surface area contributed by atoms with Crippen molar-refractivity contribution in [2.75, 3.05) is 6.61 Å². The number of alkyl halides is 3. The van der Waals surface area contributed by atoms with Gasteiger partial charge in [0.05, 0.1) is 0 Å². The zero-order valence-corrected chi connectivity index (χ0v) is 25.4. The molecule has 180 valence electrons. The second kappa shape index (κ2) is 14.2. The van der Waals surface area contributed by atoms with Crippen LogP contribution in [0.1, 0.15) is 24.6 Å².